The second kappa shape index (κ2) is 6.44. The lowest BCUT2D eigenvalue weighted by molar-refractivity contribution is 0.780. The van der Waals surface area contributed by atoms with Crippen LogP contribution in [0.15, 0.2) is 53.0 Å². The van der Waals surface area contributed by atoms with Crippen molar-refractivity contribution in [3.8, 4) is 16.9 Å². The van der Waals surface area contributed by atoms with Gasteiger partial charge in [0, 0.05) is 22.1 Å². The molecule has 0 saturated heterocycles. The summed E-state index contributed by atoms with van der Waals surface area (Å²) in [5, 5.41) is 8.59. The summed E-state index contributed by atoms with van der Waals surface area (Å²) in [5.74, 6) is 1.15. The summed E-state index contributed by atoms with van der Waals surface area (Å²) in [6.07, 6.45) is 3.46. The lowest BCUT2D eigenvalue weighted by atomic mass is 10.0. The number of hydrogen-bond donors (Lipinski definition) is 1. The number of halogens is 1. The Hall–Kier alpha value is -2.07. The van der Waals surface area contributed by atoms with Crippen LogP contribution in [0.25, 0.3) is 16.9 Å². The van der Waals surface area contributed by atoms with Crippen LogP contribution in [0.2, 0.25) is 0 Å². The Kier molecular flexibility index (Phi) is 4.15. The summed E-state index contributed by atoms with van der Waals surface area (Å²) < 4.78 is 3.16. The summed E-state index contributed by atoms with van der Waals surface area (Å²) in [6, 6.07) is 16.9. The first kappa shape index (κ1) is 15.5. The highest BCUT2D eigenvalue weighted by molar-refractivity contribution is 9.10. The number of rotatable bonds is 2. The molecule has 4 rings (SSSR count). The second-order valence-corrected chi connectivity index (χ2v) is 7.24. The molecule has 2 aromatic carbocycles. The maximum atomic E-state index is 4.99. The fourth-order valence-electron chi connectivity index (χ4n) is 3.32. The number of aromatic nitrogens is 2. The average Bonchev–Trinajstić information content (AvgIpc) is 2.76. The van der Waals surface area contributed by atoms with Crippen molar-refractivity contribution in [2.45, 2.75) is 26.2 Å². The molecule has 1 aliphatic heterocycles. The summed E-state index contributed by atoms with van der Waals surface area (Å²) >= 11 is 3.58. The van der Waals surface area contributed by atoms with Crippen LogP contribution in [0.4, 0.5) is 5.82 Å². The number of hydrogen-bond acceptors (Lipinski definition) is 2. The zero-order chi connectivity index (χ0) is 16.5. The van der Waals surface area contributed by atoms with Gasteiger partial charge in [-0.1, -0.05) is 40.2 Å². The summed E-state index contributed by atoms with van der Waals surface area (Å²) in [4.78, 5) is 0. The van der Waals surface area contributed by atoms with Gasteiger partial charge in [-0.2, -0.15) is 5.10 Å². The van der Waals surface area contributed by atoms with Gasteiger partial charge < -0.3 is 5.32 Å². The highest BCUT2D eigenvalue weighted by Gasteiger charge is 2.21. The minimum atomic E-state index is 1.00. The molecule has 3 nitrogen and oxygen atoms in total. The maximum Gasteiger partial charge on any atom is 0.133 e. The molecule has 0 unspecified atom stereocenters. The van der Waals surface area contributed by atoms with E-state index in [1.54, 1.807) is 0 Å². The predicted octanol–water partition coefficient (Wildman–Crippen LogP) is 5.36. The van der Waals surface area contributed by atoms with Crippen molar-refractivity contribution in [3.63, 3.8) is 0 Å². The van der Waals surface area contributed by atoms with Crippen LogP contribution >= 0.6 is 15.9 Å². The topological polar surface area (TPSA) is 29.9 Å². The fraction of sp³-hybridized carbons (Fsp3) is 0.250. The highest BCUT2D eigenvalue weighted by Crippen LogP contribution is 2.34. The van der Waals surface area contributed by atoms with Crippen molar-refractivity contribution in [2.75, 3.05) is 11.9 Å². The molecule has 3 aromatic rings. The molecule has 0 radical (unpaired) electrons. The Morgan fingerprint density at radius 2 is 1.96 bits per heavy atom. The molecule has 0 atom stereocenters. The molecule has 1 aliphatic rings. The number of benzene rings is 2. The smallest absolute Gasteiger partial charge is 0.133 e. The van der Waals surface area contributed by atoms with Gasteiger partial charge in [0.15, 0.2) is 0 Å². The van der Waals surface area contributed by atoms with Crippen LogP contribution in [0, 0.1) is 6.92 Å². The normalized spacial score (nSPS) is 13.9. The van der Waals surface area contributed by atoms with Gasteiger partial charge >= 0.3 is 0 Å². The summed E-state index contributed by atoms with van der Waals surface area (Å²) in [6.45, 7) is 3.12. The van der Waals surface area contributed by atoms with Gasteiger partial charge in [-0.15, -0.1) is 0 Å². The van der Waals surface area contributed by atoms with E-state index in [2.05, 4.69) is 81.4 Å². The van der Waals surface area contributed by atoms with Gasteiger partial charge in [-0.25, -0.2) is 4.68 Å². The van der Waals surface area contributed by atoms with Crippen molar-refractivity contribution >= 4 is 21.7 Å². The Morgan fingerprint density at radius 3 is 2.79 bits per heavy atom. The van der Waals surface area contributed by atoms with Gasteiger partial charge in [0.1, 0.15) is 5.82 Å². The molecular formula is C20H20BrN3. The molecule has 24 heavy (non-hydrogen) atoms. The maximum absolute atomic E-state index is 4.99. The zero-order valence-electron chi connectivity index (χ0n) is 13.7. The molecule has 0 amide bonds. The summed E-state index contributed by atoms with van der Waals surface area (Å²) in [7, 11) is 0. The largest absolute Gasteiger partial charge is 0.370 e. The molecular weight excluding hydrogens is 362 g/mol. The lowest BCUT2D eigenvalue weighted by Gasteiger charge is -2.09. The summed E-state index contributed by atoms with van der Waals surface area (Å²) in [5.41, 5.74) is 5.93. The lowest BCUT2D eigenvalue weighted by Crippen LogP contribution is -2.07. The van der Waals surface area contributed by atoms with Crippen molar-refractivity contribution in [1.29, 1.82) is 0 Å². The first-order chi connectivity index (χ1) is 11.7. The van der Waals surface area contributed by atoms with E-state index in [1.807, 2.05) is 0 Å². The first-order valence-corrected chi connectivity index (χ1v) is 9.20. The van der Waals surface area contributed by atoms with E-state index in [1.165, 1.54) is 24.0 Å². The number of fused-ring (bicyclic) bond motifs is 1. The van der Waals surface area contributed by atoms with E-state index >= 15 is 0 Å². The predicted molar refractivity (Wildman–Crippen MR) is 103 cm³/mol. The Labute approximate surface area is 150 Å². The van der Waals surface area contributed by atoms with Crippen LogP contribution in [-0.4, -0.2) is 16.3 Å². The van der Waals surface area contributed by atoms with Gasteiger partial charge in [-0.3, -0.25) is 0 Å². The molecule has 0 spiro atoms. The van der Waals surface area contributed by atoms with Gasteiger partial charge in [0.05, 0.1) is 11.4 Å². The van der Waals surface area contributed by atoms with Crippen molar-refractivity contribution in [1.82, 2.24) is 9.78 Å². The molecule has 0 saturated carbocycles. The van der Waals surface area contributed by atoms with E-state index < -0.39 is 0 Å². The SMILES string of the molecule is Cc1cccc(-n2nc(-c3cccc(Br)c3)c3c2NCCCC3)c1. The number of nitrogens with zero attached hydrogens (tertiary/aromatic N) is 2. The third-order valence-electron chi connectivity index (χ3n) is 4.47. The molecule has 122 valence electrons. The third kappa shape index (κ3) is 2.86. The van der Waals surface area contributed by atoms with Crippen molar-refractivity contribution in [3.05, 3.63) is 64.1 Å². The second-order valence-electron chi connectivity index (χ2n) is 6.32. The molecule has 2 heterocycles. The minimum Gasteiger partial charge on any atom is -0.370 e. The van der Waals surface area contributed by atoms with Crippen LogP contribution in [0.5, 0.6) is 0 Å². The molecule has 0 aliphatic carbocycles. The van der Waals surface area contributed by atoms with Crippen LogP contribution in [0.3, 0.4) is 0 Å². The Morgan fingerprint density at radius 1 is 1.08 bits per heavy atom. The van der Waals surface area contributed by atoms with Gasteiger partial charge in [-0.05, 0) is 56.0 Å². The van der Waals surface area contributed by atoms with Gasteiger partial charge in [0.2, 0.25) is 0 Å². The van der Waals surface area contributed by atoms with E-state index in [4.69, 9.17) is 5.10 Å². The third-order valence-corrected chi connectivity index (χ3v) is 4.97. The van der Waals surface area contributed by atoms with Gasteiger partial charge in [0.25, 0.3) is 0 Å². The quantitative estimate of drug-likeness (QED) is 0.647. The van der Waals surface area contributed by atoms with Crippen LogP contribution in [-0.2, 0) is 6.42 Å². The first-order valence-electron chi connectivity index (χ1n) is 8.41. The van der Waals surface area contributed by atoms with E-state index in [9.17, 15) is 0 Å². The van der Waals surface area contributed by atoms with Crippen LogP contribution in [0.1, 0.15) is 24.0 Å². The molecule has 1 aromatic heterocycles. The average molecular weight is 382 g/mol. The molecule has 4 heteroatoms. The van der Waals surface area contributed by atoms with E-state index in [0.29, 0.717) is 0 Å². The Bertz CT molecular complexity index is 812. The molecule has 1 N–H and O–H groups in total. The van der Waals surface area contributed by atoms with Crippen molar-refractivity contribution in [2.24, 2.45) is 0 Å². The number of aryl methyl sites for hydroxylation is 1. The van der Waals surface area contributed by atoms with Crippen LogP contribution < -0.4 is 5.32 Å². The number of nitrogens with one attached hydrogen (secondary N) is 1. The highest BCUT2D eigenvalue weighted by atomic mass is 79.9. The minimum absolute atomic E-state index is 1.00. The molecule has 0 bridgehead atoms. The fourth-order valence-corrected chi connectivity index (χ4v) is 3.72. The van der Waals surface area contributed by atoms with E-state index in [0.717, 1.165) is 40.2 Å². The molecule has 0 fully saturated rings. The number of anilines is 1. The van der Waals surface area contributed by atoms with E-state index in [-0.39, 0.29) is 0 Å². The standard InChI is InChI=1S/C20H20BrN3/c1-14-6-4-9-17(12-14)24-20-18(10-2-3-11-22-20)19(23-24)15-7-5-8-16(21)13-15/h4-9,12-13,22H,2-3,10-11H2,1H3. The Balaban J connectivity index is 1.92. The zero-order valence-corrected chi connectivity index (χ0v) is 15.3. The van der Waals surface area contributed by atoms with Crippen molar-refractivity contribution < 1.29 is 0 Å². The monoisotopic (exact) mass is 381 g/mol.